The molecule has 0 aliphatic carbocycles. The van der Waals surface area contributed by atoms with E-state index in [1.54, 1.807) is 0 Å². The highest BCUT2D eigenvalue weighted by Crippen LogP contribution is 2.15. The van der Waals surface area contributed by atoms with Crippen LogP contribution in [0, 0.1) is 0 Å². The first-order chi connectivity index (χ1) is 12.2. The SMILES string of the molecule is CCCCCCCCCCCCCCCc1cccc([N]C(N)=O)c1. The van der Waals surface area contributed by atoms with Gasteiger partial charge in [-0.2, -0.15) is 5.32 Å². The van der Waals surface area contributed by atoms with Gasteiger partial charge >= 0.3 is 6.03 Å². The Labute approximate surface area is 154 Å². The highest BCUT2D eigenvalue weighted by molar-refractivity contribution is 5.77. The van der Waals surface area contributed by atoms with Crippen molar-refractivity contribution in [2.75, 3.05) is 0 Å². The predicted molar refractivity (Wildman–Crippen MR) is 107 cm³/mol. The molecule has 2 N–H and O–H groups in total. The van der Waals surface area contributed by atoms with Gasteiger partial charge in [0.15, 0.2) is 0 Å². The van der Waals surface area contributed by atoms with E-state index in [0.717, 1.165) is 6.42 Å². The van der Waals surface area contributed by atoms with Gasteiger partial charge in [0, 0.05) is 0 Å². The third-order valence-electron chi connectivity index (χ3n) is 4.72. The van der Waals surface area contributed by atoms with E-state index in [-0.39, 0.29) is 0 Å². The van der Waals surface area contributed by atoms with Gasteiger partial charge in [-0.15, -0.1) is 0 Å². The van der Waals surface area contributed by atoms with Crippen molar-refractivity contribution in [2.45, 2.75) is 96.8 Å². The zero-order chi connectivity index (χ0) is 18.2. The van der Waals surface area contributed by atoms with Gasteiger partial charge in [-0.1, -0.05) is 96.1 Å². The summed E-state index contributed by atoms with van der Waals surface area (Å²) in [5.74, 6) is 0. The Morgan fingerprint density at radius 1 is 0.840 bits per heavy atom. The van der Waals surface area contributed by atoms with Crippen LogP contribution in [-0.2, 0) is 6.42 Å². The molecule has 0 aliphatic heterocycles. The van der Waals surface area contributed by atoms with Crippen LogP contribution in [0.5, 0.6) is 0 Å². The molecule has 0 aliphatic rings. The van der Waals surface area contributed by atoms with Gasteiger partial charge in [0.2, 0.25) is 0 Å². The summed E-state index contributed by atoms with van der Waals surface area (Å²) in [7, 11) is 0. The molecule has 0 aromatic heterocycles. The topological polar surface area (TPSA) is 57.2 Å². The number of urea groups is 1. The number of unbranched alkanes of at least 4 members (excludes halogenated alkanes) is 12. The fourth-order valence-corrected chi connectivity index (χ4v) is 3.26. The summed E-state index contributed by atoms with van der Waals surface area (Å²) in [5.41, 5.74) is 7.00. The quantitative estimate of drug-likeness (QED) is 0.356. The highest BCUT2D eigenvalue weighted by atomic mass is 16.2. The Morgan fingerprint density at radius 2 is 1.36 bits per heavy atom. The minimum absolute atomic E-state index is 0.627. The standard InChI is InChI=1S/C22H37N2O/c1-2-3-4-5-6-7-8-9-10-11-12-13-14-16-20-17-15-18-21(19-20)24-22(23)25/h15,17-19H,2-14,16H2,1H3,(H2,23,25). The summed E-state index contributed by atoms with van der Waals surface area (Å²) in [4.78, 5) is 10.8. The van der Waals surface area contributed by atoms with Crippen LogP contribution in [0.15, 0.2) is 24.3 Å². The van der Waals surface area contributed by atoms with Crippen molar-refractivity contribution in [3.05, 3.63) is 29.8 Å². The minimum Gasteiger partial charge on any atom is -0.350 e. The maximum atomic E-state index is 10.8. The van der Waals surface area contributed by atoms with Crippen molar-refractivity contribution in [3.63, 3.8) is 0 Å². The average molecular weight is 346 g/mol. The molecule has 0 bridgehead atoms. The van der Waals surface area contributed by atoms with E-state index in [4.69, 9.17) is 5.73 Å². The third kappa shape index (κ3) is 12.5. The molecule has 1 aromatic rings. The van der Waals surface area contributed by atoms with E-state index < -0.39 is 6.03 Å². The van der Waals surface area contributed by atoms with Crippen molar-refractivity contribution in [1.82, 2.24) is 5.32 Å². The normalized spacial score (nSPS) is 10.8. The first kappa shape index (κ1) is 21.5. The molecule has 0 spiro atoms. The van der Waals surface area contributed by atoms with Crippen molar-refractivity contribution < 1.29 is 4.79 Å². The van der Waals surface area contributed by atoms with Crippen LogP contribution in [0.2, 0.25) is 0 Å². The Morgan fingerprint density at radius 3 is 1.88 bits per heavy atom. The Bertz CT molecular complexity index is 459. The lowest BCUT2D eigenvalue weighted by atomic mass is 10.0. The van der Waals surface area contributed by atoms with Gasteiger partial charge in [-0.05, 0) is 30.5 Å². The largest absolute Gasteiger partial charge is 0.350 e. The zero-order valence-electron chi connectivity index (χ0n) is 16.1. The van der Waals surface area contributed by atoms with E-state index >= 15 is 0 Å². The molecule has 1 rings (SSSR count). The van der Waals surface area contributed by atoms with E-state index in [1.165, 1.54) is 89.0 Å². The summed E-state index contributed by atoms with van der Waals surface area (Å²) in [6.07, 6.45) is 18.9. The molecule has 2 amide bonds. The Hall–Kier alpha value is -1.51. The van der Waals surface area contributed by atoms with Crippen LogP contribution in [0.1, 0.15) is 96.0 Å². The second kappa shape index (κ2) is 14.8. The molecule has 0 atom stereocenters. The summed E-state index contributed by atoms with van der Waals surface area (Å²) >= 11 is 0. The summed E-state index contributed by atoms with van der Waals surface area (Å²) < 4.78 is 0. The highest BCUT2D eigenvalue weighted by Gasteiger charge is 2.01. The molecular weight excluding hydrogens is 308 g/mol. The number of rotatable bonds is 15. The number of nitrogens with two attached hydrogens (primary N) is 1. The lowest BCUT2D eigenvalue weighted by Crippen LogP contribution is -2.18. The van der Waals surface area contributed by atoms with Crippen LogP contribution in [0.3, 0.4) is 0 Å². The monoisotopic (exact) mass is 345 g/mol. The van der Waals surface area contributed by atoms with E-state index in [2.05, 4.69) is 18.3 Å². The number of nitrogens with zero attached hydrogens (tertiary/aromatic N) is 1. The molecule has 1 radical (unpaired) electrons. The van der Waals surface area contributed by atoms with E-state index in [0.29, 0.717) is 5.69 Å². The molecule has 3 nitrogen and oxygen atoms in total. The zero-order valence-corrected chi connectivity index (χ0v) is 16.1. The van der Waals surface area contributed by atoms with Gasteiger partial charge in [-0.3, -0.25) is 0 Å². The molecule has 1 aromatic carbocycles. The fraction of sp³-hybridized carbons (Fsp3) is 0.682. The summed E-state index contributed by atoms with van der Waals surface area (Å²) in [6.45, 7) is 2.27. The maximum absolute atomic E-state index is 10.8. The molecule has 0 saturated carbocycles. The predicted octanol–water partition coefficient (Wildman–Crippen LogP) is 6.63. The minimum atomic E-state index is -0.627. The molecule has 0 fully saturated rings. The van der Waals surface area contributed by atoms with Gasteiger partial charge in [0.1, 0.15) is 0 Å². The molecular formula is C22H37N2O. The number of benzene rings is 1. The number of amides is 2. The molecule has 25 heavy (non-hydrogen) atoms. The van der Waals surface area contributed by atoms with Crippen molar-refractivity contribution in [3.8, 4) is 0 Å². The van der Waals surface area contributed by atoms with Gasteiger partial charge in [0.05, 0.1) is 5.69 Å². The Kier molecular flexibility index (Phi) is 12.7. The van der Waals surface area contributed by atoms with Crippen molar-refractivity contribution in [1.29, 1.82) is 0 Å². The Balaban J connectivity index is 1.93. The molecule has 3 heteroatoms. The summed E-state index contributed by atoms with van der Waals surface area (Å²) in [6, 6.07) is 7.20. The lowest BCUT2D eigenvalue weighted by Gasteiger charge is -2.05. The molecule has 0 heterocycles. The third-order valence-corrected chi connectivity index (χ3v) is 4.72. The van der Waals surface area contributed by atoms with Crippen molar-refractivity contribution in [2.24, 2.45) is 5.73 Å². The van der Waals surface area contributed by atoms with Crippen molar-refractivity contribution >= 4 is 11.7 Å². The molecule has 0 saturated heterocycles. The number of carbonyl (C=O) groups excluding carboxylic acids is 1. The van der Waals surface area contributed by atoms with Gasteiger partial charge < -0.3 is 5.73 Å². The van der Waals surface area contributed by atoms with E-state index in [9.17, 15) is 4.79 Å². The van der Waals surface area contributed by atoms with Crippen LogP contribution < -0.4 is 11.1 Å². The number of aryl methyl sites for hydroxylation is 1. The van der Waals surface area contributed by atoms with Gasteiger partial charge in [0.25, 0.3) is 0 Å². The first-order valence-corrected chi connectivity index (χ1v) is 10.3. The molecule has 141 valence electrons. The lowest BCUT2D eigenvalue weighted by molar-refractivity contribution is 0.252. The number of hydrogen-bond acceptors (Lipinski definition) is 1. The maximum Gasteiger partial charge on any atom is 0.338 e. The molecule has 0 unspecified atom stereocenters. The second-order valence-electron chi connectivity index (χ2n) is 7.11. The smallest absolute Gasteiger partial charge is 0.338 e. The van der Waals surface area contributed by atoms with Gasteiger partial charge in [-0.25, -0.2) is 4.79 Å². The summed E-state index contributed by atoms with van der Waals surface area (Å²) in [5, 5.41) is 3.77. The fourth-order valence-electron chi connectivity index (χ4n) is 3.26. The van der Waals surface area contributed by atoms with Crippen LogP contribution in [-0.4, -0.2) is 6.03 Å². The first-order valence-electron chi connectivity index (χ1n) is 10.3. The van der Waals surface area contributed by atoms with Crippen LogP contribution in [0.4, 0.5) is 10.5 Å². The number of primary amides is 1. The van der Waals surface area contributed by atoms with Crippen LogP contribution >= 0.6 is 0 Å². The van der Waals surface area contributed by atoms with Crippen LogP contribution in [0.25, 0.3) is 0 Å². The number of hydrogen-bond donors (Lipinski definition) is 1. The number of carbonyl (C=O) groups is 1. The second-order valence-corrected chi connectivity index (χ2v) is 7.11. The van der Waals surface area contributed by atoms with E-state index in [1.807, 2.05) is 18.2 Å². The average Bonchev–Trinajstić information content (AvgIpc) is 2.59.